The fourth-order valence-electron chi connectivity index (χ4n) is 4.30. The minimum Gasteiger partial charge on any atom is -0.459 e. The lowest BCUT2D eigenvalue weighted by molar-refractivity contribution is 0.302. The summed E-state index contributed by atoms with van der Waals surface area (Å²) in [6.07, 6.45) is 5.87. The Bertz CT molecular complexity index is 650. The molecule has 4 rings (SSSR count). The molecule has 4 atom stereocenters. The van der Waals surface area contributed by atoms with Crippen molar-refractivity contribution < 1.29 is 4.42 Å². The van der Waals surface area contributed by atoms with E-state index in [0.717, 1.165) is 40.1 Å². The maximum absolute atomic E-state index is 5.98. The van der Waals surface area contributed by atoms with Gasteiger partial charge in [-0.25, -0.2) is 0 Å². The van der Waals surface area contributed by atoms with E-state index in [9.17, 15) is 0 Å². The Kier molecular flexibility index (Phi) is 3.58. The Morgan fingerprint density at radius 3 is 2.95 bits per heavy atom. The van der Waals surface area contributed by atoms with E-state index >= 15 is 0 Å². The van der Waals surface area contributed by atoms with Gasteiger partial charge in [0, 0.05) is 9.86 Å². The van der Waals surface area contributed by atoms with Crippen LogP contribution in [0.2, 0.25) is 0 Å². The summed E-state index contributed by atoms with van der Waals surface area (Å²) in [7, 11) is 0. The van der Waals surface area contributed by atoms with E-state index < -0.39 is 0 Å². The van der Waals surface area contributed by atoms with Crippen LogP contribution >= 0.6 is 15.9 Å². The number of hydrogen-bond donors (Lipinski definition) is 1. The Morgan fingerprint density at radius 1 is 1.29 bits per heavy atom. The van der Waals surface area contributed by atoms with Crippen LogP contribution in [-0.2, 0) is 0 Å². The molecule has 2 fully saturated rings. The van der Waals surface area contributed by atoms with Crippen molar-refractivity contribution in [2.75, 3.05) is 6.54 Å². The SMILES string of the molecule is CC(NCC1CC2CCC1C2)c1cc2cc(Br)ccc2o1. The maximum Gasteiger partial charge on any atom is 0.134 e. The van der Waals surface area contributed by atoms with E-state index in [4.69, 9.17) is 4.42 Å². The summed E-state index contributed by atoms with van der Waals surface area (Å²) in [4.78, 5) is 0. The van der Waals surface area contributed by atoms with E-state index in [1.165, 1.54) is 31.1 Å². The van der Waals surface area contributed by atoms with Crippen LogP contribution in [0.1, 0.15) is 44.4 Å². The minimum absolute atomic E-state index is 0.287. The summed E-state index contributed by atoms with van der Waals surface area (Å²) in [6.45, 7) is 3.35. The number of fused-ring (bicyclic) bond motifs is 3. The van der Waals surface area contributed by atoms with Gasteiger partial charge in [0.15, 0.2) is 0 Å². The van der Waals surface area contributed by atoms with Crippen LogP contribution in [0.3, 0.4) is 0 Å². The topological polar surface area (TPSA) is 25.2 Å². The number of hydrogen-bond acceptors (Lipinski definition) is 2. The molecular formula is C18H22BrNO. The Morgan fingerprint density at radius 2 is 2.19 bits per heavy atom. The van der Waals surface area contributed by atoms with E-state index in [-0.39, 0.29) is 6.04 Å². The highest BCUT2D eigenvalue weighted by Gasteiger charge is 2.39. The second kappa shape index (κ2) is 5.44. The lowest BCUT2D eigenvalue weighted by atomic mass is 9.88. The van der Waals surface area contributed by atoms with Crippen molar-refractivity contribution in [2.24, 2.45) is 17.8 Å². The number of rotatable bonds is 4. The van der Waals surface area contributed by atoms with Crippen molar-refractivity contribution in [3.05, 3.63) is 34.5 Å². The van der Waals surface area contributed by atoms with Crippen molar-refractivity contribution >= 4 is 26.9 Å². The molecule has 0 spiro atoms. The van der Waals surface area contributed by atoms with E-state index in [2.05, 4.69) is 40.3 Å². The van der Waals surface area contributed by atoms with Gasteiger partial charge in [0.1, 0.15) is 11.3 Å². The molecule has 0 aliphatic heterocycles. The standard InChI is InChI=1S/C18H22BrNO/c1-11(20-10-15-7-12-2-3-13(15)6-12)18-9-14-8-16(19)4-5-17(14)21-18/h4-5,8-9,11-13,15,20H,2-3,6-7,10H2,1H3. The fourth-order valence-corrected chi connectivity index (χ4v) is 4.68. The third kappa shape index (κ3) is 2.66. The van der Waals surface area contributed by atoms with Gasteiger partial charge < -0.3 is 9.73 Å². The molecule has 0 amide bonds. The first-order valence-corrected chi connectivity index (χ1v) is 8.90. The highest BCUT2D eigenvalue weighted by atomic mass is 79.9. The van der Waals surface area contributed by atoms with Crippen LogP contribution in [-0.4, -0.2) is 6.54 Å². The average Bonchev–Trinajstić information content (AvgIpc) is 3.18. The molecule has 3 heteroatoms. The summed E-state index contributed by atoms with van der Waals surface area (Å²) >= 11 is 3.52. The van der Waals surface area contributed by atoms with Crippen LogP contribution in [0.25, 0.3) is 11.0 Å². The predicted octanol–water partition coefficient (Wildman–Crippen LogP) is 5.28. The van der Waals surface area contributed by atoms with Gasteiger partial charge in [-0.2, -0.15) is 0 Å². The van der Waals surface area contributed by atoms with Gasteiger partial charge >= 0.3 is 0 Å². The van der Waals surface area contributed by atoms with E-state index in [1.54, 1.807) is 0 Å². The van der Waals surface area contributed by atoms with Crippen molar-refractivity contribution in [3.8, 4) is 0 Å². The molecule has 1 heterocycles. The zero-order valence-corrected chi connectivity index (χ0v) is 14.0. The monoisotopic (exact) mass is 347 g/mol. The van der Waals surface area contributed by atoms with Crippen molar-refractivity contribution in [3.63, 3.8) is 0 Å². The second-order valence-corrected chi connectivity index (χ2v) is 7.81. The normalized spacial score (nSPS) is 29.3. The van der Waals surface area contributed by atoms with Gasteiger partial charge in [-0.3, -0.25) is 0 Å². The van der Waals surface area contributed by atoms with Crippen molar-refractivity contribution in [2.45, 2.75) is 38.6 Å². The Balaban J connectivity index is 1.42. The smallest absolute Gasteiger partial charge is 0.134 e. The summed E-state index contributed by atoms with van der Waals surface area (Å²) in [5, 5.41) is 4.87. The van der Waals surface area contributed by atoms with Crippen LogP contribution in [0.4, 0.5) is 0 Å². The molecule has 2 aromatic rings. The van der Waals surface area contributed by atoms with Crippen LogP contribution in [0, 0.1) is 17.8 Å². The average molecular weight is 348 g/mol. The van der Waals surface area contributed by atoms with E-state index in [1.807, 2.05) is 12.1 Å². The molecule has 112 valence electrons. The van der Waals surface area contributed by atoms with Crippen LogP contribution in [0.5, 0.6) is 0 Å². The molecule has 4 unspecified atom stereocenters. The fraction of sp³-hybridized carbons (Fsp3) is 0.556. The van der Waals surface area contributed by atoms with Gasteiger partial charge in [-0.15, -0.1) is 0 Å². The van der Waals surface area contributed by atoms with Gasteiger partial charge in [0.25, 0.3) is 0 Å². The van der Waals surface area contributed by atoms with Crippen molar-refractivity contribution in [1.82, 2.24) is 5.32 Å². The summed E-state index contributed by atoms with van der Waals surface area (Å²) in [5.41, 5.74) is 0.974. The largest absolute Gasteiger partial charge is 0.459 e. The lowest BCUT2D eigenvalue weighted by Crippen LogP contribution is -2.28. The second-order valence-electron chi connectivity index (χ2n) is 6.90. The number of halogens is 1. The Labute approximate surface area is 134 Å². The number of furan rings is 1. The zero-order valence-electron chi connectivity index (χ0n) is 12.4. The van der Waals surface area contributed by atoms with Gasteiger partial charge in [0.2, 0.25) is 0 Å². The van der Waals surface area contributed by atoms with Crippen LogP contribution < -0.4 is 5.32 Å². The van der Waals surface area contributed by atoms with Gasteiger partial charge in [0.05, 0.1) is 6.04 Å². The first-order valence-electron chi connectivity index (χ1n) is 8.11. The molecule has 1 N–H and O–H groups in total. The summed E-state index contributed by atoms with van der Waals surface area (Å²) in [6, 6.07) is 8.63. The molecular weight excluding hydrogens is 326 g/mol. The van der Waals surface area contributed by atoms with Gasteiger partial charge in [-0.1, -0.05) is 22.4 Å². The molecule has 2 aliphatic rings. The zero-order chi connectivity index (χ0) is 14.4. The molecule has 2 aliphatic carbocycles. The molecule has 2 nitrogen and oxygen atoms in total. The van der Waals surface area contributed by atoms with Crippen molar-refractivity contribution in [1.29, 1.82) is 0 Å². The van der Waals surface area contributed by atoms with Crippen LogP contribution in [0.15, 0.2) is 33.2 Å². The highest BCUT2D eigenvalue weighted by Crippen LogP contribution is 2.48. The molecule has 2 saturated carbocycles. The highest BCUT2D eigenvalue weighted by molar-refractivity contribution is 9.10. The molecule has 21 heavy (non-hydrogen) atoms. The maximum atomic E-state index is 5.98. The predicted molar refractivity (Wildman–Crippen MR) is 89.3 cm³/mol. The third-order valence-electron chi connectivity index (χ3n) is 5.49. The minimum atomic E-state index is 0.287. The first kappa shape index (κ1) is 13.8. The molecule has 1 aromatic heterocycles. The van der Waals surface area contributed by atoms with E-state index in [0.29, 0.717) is 0 Å². The summed E-state index contributed by atoms with van der Waals surface area (Å²) < 4.78 is 7.08. The number of nitrogens with one attached hydrogen (secondary N) is 1. The molecule has 0 radical (unpaired) electrons. The first-order chi connectivity index (χ1) is 10.2. The lowest BCUT2D eigenvalue weighted by Gasteiger charge is -2.23. The third-order valence-corrected chi connectivity index (χ3v) is 5.99. The molecule has 0 saturated heterocycles. The molecule has 2 bridgehead atoms. The quantitative estimate of drug-likeness (QED) is 0.813. The number of benzene rings is 1. The molecule has 1 aromatic carbocycles. The van der Waals surface area contributed by atoms with Gasteiger partial charge in [-0.05, 0) is 74.8 Å². The summed E-state index contributed by atoms with van der Waals surface area (Å²) in [5.74, 6) is 3.96. The Hall–Kier alpha value is -0.800.